The van der Waals surface area contributed by atoms with Gasteiger partial charge < -0.3 is 10.2 Å². The van der Waals surface area contributed by atoms with Crippen molar-refractivity contribution in [2.24, 2.45) is 0 Å². The van der Waals surface area contributed by atoms with Crippen molar-refractivity contribution in [3.8, 4) is 0 Å². The summed E-state index contributed by atoms with van der Waals surface area (Å²) < 4.78 is 25.5. The first kappa shape index (κ1) is 12.5. The van der Waals surface area contributed by atoms with Crippen LogP contribution in [0.25, 0.3) is 0 Å². The number of rotatable bonds is 4. The highest BCUT2D eigenvalue weighted by Crippen LogP contribution is 2.23. The fourth-order valence-electron chi connectivity index (χ4n) is 2.19. The first-order valence-electron chi connectivity index (χ1n) is 6.06. The van der Waals surface area contributed by atoms with Gasteiger partial charge in [0.2, 0.25) is 0 Å². The predicted octanol–water partition coefficient (Wildman–Crippen LogP) is 2.07. The number of hydrogen-bond acceptors (Lipinski definition) is 2. The zero-order valence-electron chi connectivity index (χ0n) is 9.83. The maximum Gasteiger partial charge on any atom is 0.264 e. The van der Waals surface area contributed by atoms with Gasteiger partial charge in [0.25, 0.3) is 6.43 Å². The lowest BCUT2D eigenvalue weighted by Gasteiger charge is -2.27. The molecule has 0 aromatic heterocycles. The Kier molecular flexibility index (Phi) is 4.45. The molecule has 2 rings (SSSR count). The second-order valence-corrected chi connectivity index (χ2v) is 4.34. The van der Waals surface area contributed by atoms with E-state index >= 15 is 0 Å². The van der Waals surface area contributed by atoms with E-state index in [4.69, 9.17) is 0 Å². The van der Waals surface area contributed by atoms with Crippen LogP contribution in [0.15, 0.2) is 24.3 Å². The summed E-state index contributed by atoms with van der Waals surface area (Å²) in [7, 11) is 0. The Bertz CT molecular complexity index is 349. The predicted molar refractivity (Wildman–Crippen MR) is 64.4 cm³/mol. The molecule has 4 heteroatoms. The van der Waals surface area contributed by atoms with Crippen LogP contribution >= 0.6 is 0 Å². The lowest BCUT2D eigenvalue weighted by Crippen LogP contribution is -2.44. The normalized spacial score (nSPS) is 17.6. The molecule has 2 nitrogen and oxygen atoms in total. The van der Waals surface area contributed by atoms with Crippen LogP contribution in [0.4, 0.5) is 8.78 Å². The van der Waals surface area contributed by atoms with Gasteiger partial charge in [-0.25, -0.2) is 8.78 Å². The standard InChI is InChI=1S/C13H18F2N2/c14-13(15)12-4-2-1-3-11(12)5-8-17-9-6-16-7-10-17/h1-4,13,16H,5-10H2. The summed E-state index contributed by atoms with van der Waals surface area (Å²) in [6.07, 6.45) is -1.66. The van der Waals surface area contributed by atoms with Crippen LogP contribution in [-0.4, -0.2) is 37.6 Å². The SMILES string of the molecule is FC(F)c1ccccc1CCN1CCNCC1. The lowest BCUT2D eigenvalue weighted by atomic mass is 10.0. The molecule has 1 saturated heterocycles. The number of benzene rings is 1. The van der Waals surface area contributed by atoms with Gasteiger partial charge >= 0.3 is 0 Å². The maximum absolute atomic E-state index is 12.8. The topological polar surface area (TPSA) is 15.3 Å². The molecule has 0 saturated carbocycles. The Labute approximate surface area is 101 Å². The van der Waals surface area contributed by atoms with Gasteiger partial charge in [-0.05, 0) is 12.0 Å². The Morgan fingerprint density at radius 3 is 2.59 bits per heavy atom. The molecule has 0 aliphatic carbocycles. The number of piperazine rings is 1. The number of halogens is 2. The zero-order chi connectivity index (χ0) is 12.1. The van der Waals surface area contributed by atoms with Crippen LogP contribution in [-0.2, 0) is 6.42 Å². The molecule has 94 valence electrons. The van der Waals surface area contributed by atoms with Crippen molar-refractivity contribution in [2.75, 3.05) is 32.7 Å². The summed E-state index contributed by atoms with van der Waals surface area (Å²) in [5.74, 6) is 0. The third-order valence-electron chi connectivity index (χ3n) is 3.20. The van der Waals surface area contributed by atoms with Crippen molar-refractivity contribution in [1.82, 2.24) is 10.2 Å². The number of alkyl halides is 2. The number of nitrogens with one attached hydrogen (secondary N) is 1. The van der Waals surface area contributed by atoms with E-state index in [1.54, 1.807) is 6.07 Å². The van der Waals surface area contributed by atoms with Crippen LogP contribution in [0.3, 0.4) is 0 Å². The summed E-state index contributed by atoms with van der Waals surface area (Å²) in [5.41, 5.74) is 0.962. The van der Waals surface area contributed by atoms with Crippen LogP contribution in [0.1, 0.15) is 17.6 Å². The van der Waals surface area contributed by atoms with Gasteiger partial charge in [0.1, 0.15) is 0 Å². The molecule has 0 amide bonds. The molecule has 1 aliphatic rings. The summed E-state index contributed by atoms with van der Waals surface area (Å²) >= 11 is 0. The maximum atomic E-state index is 12.8. The molecule has 0 radical (unpaired) electrons. The molecule has 0 bridgehead atoms. The van der Waals surface area contributed by atoms with Crippen molar-refractivity contribution in [1.29, 1.82) is 0 Å². The van der Waals surface area contributed by atoms with Gasteiger partial charge in [0, 0.05) is 38.3 Å². The summed E-state index contributed by atoms with van der Waals surface area (Å²) in [6.45, 7) is 4.88. The van der Waals surface area contributed by atoms with E-state index in [2.05, 4.69) is 10.2 Å². The molecule has 0 unspecified atom stereocenters. The molecule has 1 fully saturated rings. The van der Waals surface area contributed by atoms with Gasteiger partial charge in [-0.3, -0.25) is 0 Å². The summed E-state index contributed by atoms with van der Waals surface area (Å²) in [4.78, 5) is 2.32. The van der Waals surface area contributed by atoms with Crippen molar-refractivity contribution in [3.63, 3.8) is 0 Å². The molecular formula is C13H18F2N2. The zero-order valence-corrected chi connectivity index (χ0v) is 9.83. The quantitative estimate of drug-likeness (QED) is 0.866. The molecular weight excluding hydrogens is 222 g/mol. The van der Waals surface area contributed by atoms with Crippen molar-refractivity contribution >= 4 is 0 Å². The number of nitrogens with zero attached hydrogens (tertiary/aromatic N) is 1. The molecule has 1 heterocycles. The molecule has 1 N–H and O–H groups in total. The Balaban J connectivity index is 1.93. The Morgan fingerprint density at radius 2 is 1.88 bits per heavy atom. The third-order valence-corrected chi connectivity index (χ3v) is 3.20. The molecule has 1 aromatic carbocycles. The van der Waals surface area contributed by atoms with E-state index in [0.29, 0.717) is 6.42 Å². The third kappa shape index (κ3) is 3.48. The highest BCUT2D eigenvalue weighted by Gasteiger charge is 2.14. The Morgan fingerprint density at radius 1 is 1.18 bits per heavy atom. The minimum absolute atomic E-state index is 0.183. The fraction of sp³-hybridized carbons (Fsp3) is 0.538. The van der Waals surface area contributed by atoms with Gasteiger partial charge in [0.15, 0.2) is 0 Å². The van der Waals surface area contributed by atoms with E-state index in [0.717, 1.165) is 38.3 Å². The van der Waals surface area contributed by atoms with Crippen LogP contribution in [0.2, 0.25) is 0 Å². The highest BCUT2D eigenvalue weighted by molar-refractivity contribution is 5.28. The van der Waals surface area contributed by atoms with Crippen molar-refractivity contribution in [2.45, 2.75) is 12.8 Å². The molecule has 0 atom stereocenters. The summed E-state index contributed by atoms with van der Waals surface area (Å²) in [6, 6.07) is 6.84. The van der Waals surface area contributed by atoms with E-state index in [-0.39, 0.29) is 5.56 Å². The average Bonchev–Trinajstić information content (AvgIpc) is 2.38. The van der Waals surface area contributed by atoms with Gasteiger partial charge in [0.05, 0.1) is 0 Å². The lowest BCUT2D eigenvalue weighted by molar-refractivity contribution is 0.149. The van der Waals surface area contributed by atoms with Crippen LogP contribution in [0, 0.1) is 0 Å². The number of hydrogen-bond donors (Lipinski definition) is 1. The van der Waals surface area contributed by atoms with Crippen LogP contribution < -0.4 is 5.32 Å². The minimum atomic E-state index is -2.37. The smallest absolute Gasteiger partial charge is 0.264 e. The molecule has 0 spiro atoms. The minimum Gasteiger partial charge on any atom is -0.314 e. The molecule has 1 aliphatic heterocycles. The van der Waals surface area contributed by atoms with E-state index in [1.807, 2.05) is 12.1 Å². The molecule has 17 heavy (non-hydrogen) atoms. The van der Waals surface area contributed by atoms with E-state index < -0.39 is 6.43 Å². The van der Waals surface area contributed by atoms with E-state index in [1.165, 1.54) is 6.07 Å². The summed E-state index contributed by atoms with van der Waals surface area (Å²) in [5, 5.41) is 3.28. The van der Waals surface area contributed by atoms with Gasteiger partial charge in [-0.2, -0.15) is 0 Å². The largest absolute Gasteiger partial charge is 0.314 e. The van der Waals surface area contributed by atoms with Crippen molar-refractivity contribution < 1.29 is 8.78 Å². The first-order valence-corrected chi connectivity index (χ1v) is 6.06. The highest BCUT2D eigenvalue weighted by atomic mass is 19.3. The van der Waals surface area contributed by atoms with Gasteiger partial charge in [-0.1, -0.05) is 24.3 Å². The van der Waals surface area contributed by atoms with Crippen molar-refractivity contribution in [3.05, 3.63) is 35.4 Å². The van der Waals surface area contributed by atoms with Crippen LogP contribution in [0.5, 0.6) is 0 Å². The average molecular weight is 240 g/mol. The van der Waals surface area contributed by atoms with Gasteiger partial charge in [-0.15, -0.1) is 0 Å². The first-order chi connectivity index (χ1) is 8.27. The van der Waals surface area contributed by atoms with E-state index in [9.17, 15) is 8.78 Å². The second-order valence-electron chi connectivity index (χ2n) is 4.34. The monoisotopic (exact) mass is 240 g/mol. The molecule has 1 aromatic rings. The Hall–Kier alpha value is -1.00. The fourth-order valence-corrected chi connectivity index (χ4v) is 2.19. The second kappa shape index (κ2) is 6.07.